The Kier molecular flexibility index (Phi) is 6.01. The molecule has 2 nitrogen and oxygen atoms in total. The fourth-order valence-electron chi connectivity index (χ4n) is 1.29. The molecule has 0 radical (unpaired) electrons. The van der Waals surface area contributed by atoms with Crippen LogP contribution in [0.4, 0.5) is 0 Å². The van der Waals surface area contributed by atoms with Crippen LogP contribution < -0.4 is 0 Å². The third-order valence-corrected chi connectivity index (χ3v) is 3.38. The van der Waals surface area contributed by atoms with E-state index in [2.05, 4.69) is 6.92 Å². The molecule has 0 heterocycles. The molecule has 0 saturated carbocycles. The van der Waals surface area contributed by atoms with E-state index in [1.54, 1.807) is 11.8 Å². The largest absolute Gasteiger partial charge is 0.345 e. The van der Waals surface area contributed by atoms with E-state index < -0.39 is 0 Å². The van der Waals surface area contributed by atoms with Crippen molar-refractivity contribution in [2.24, 2.45) is 0 Å². The average molecular weight is 237 g/mol. The Morgan fingerprint density at radius 1 is 1.31 bits per heavy atom. The van der Waals surface area contributed by atoms with Gasteiger partial charge in [-0.3, -0.25) is 4.79 Å². The number of hydrogen-bond acceptors (Lipinski definition) is 2. The minimum atomic E-state index is 0.210. The highest BCUT2D eigenvalue weighted by atomic mass is 32.2. The summed E-state index contributed by atoms with van der Waals surface area (Å²) in [5.74, 6) is 0.742. The summed E-state index contributed by atoms with van der Waals surface area (Å²) in [6.07, 6.45) is 2.21. The zero-order valence-corrected chi connectivity index (χ0v) is 10.8. The second-order valence-corrected chi connectivity index (χ2v) is 4.82. The summed E-state index contributed by atoms with van der Waals surface area (Å²) in [7, 11) is 1.88. The van der Waals surface area contributed by atoms with Crippen LogP contribution in [0.5, 0.6) is 0 Å². The van der Waals surface area contributed by atoms with Gasteiger partial charge in [0.25, 0.3) is 0 Å². The third-order valence-electron chi connectivity index (χ3n) is 2.38. The van der Waals surface area contributed by atoms with Crippen molar-refractivity contribution in [3.8, 4) is 0 Å². The number of carbonyl (C=O) groups excluding carboxylic acids is 1. The summed E-state index contributed by atoms with van der Waals surface area (Å²) in [5, 5.41) is 0. The van der Waals surface area contributed by atoms with Gasteiger partial charge in [-0.05, 0) is 18.6 Å². The zero-order chi connectivity index (χ0) is 11.8. The van der Waals surface area contributed by atoms with Crippen molar-refractivity contribution >= 4 is 17.7 Å². The normalized spacial score (nSPS) is 10.1. The number of hydrogen-bond donors (Lipinski definition) is 0. The minimum absolute atomic E-state index is 0.210. The first-order chi connectivity index (χ1) is 7.74. The van der Waals surface area contributed by atoms with Gasteiger partial charge in [0.05, 0.1) is 5.75 Å². The smallest absolute Gasteiger partial charge is 0.232 e. The SMILES string of the molecule is CCCCN(C)C(=O)CSc1ccccc1. The van der Waals surface area contributed by atoms with Crippen LogP contribution in [0.2, 0.25) is 0 Å². The van der Waals surface area contributed by atoms with E-state index in [0.29, 0.717) is 5.75 Å². The first kappa shape index (κ1) is 13.1. The van der Waals surface area contributed by atoms with Crippen molar-refractivity contribution < 1.29 is 4.79 Å². The van der Waals surface area contributed by atoms with Crippen molar-refractivity contribution in [3.05, 3.63) is 30.3 Å². The van der Waals surface area contributed by atoms with E-state index in [9.17, 15) is 4.79 Å². The van der Waals surface area contributed by atoms with Crippen molar-refractivity contribution in [2.45, 2.75) is 24.7 Å². The molecule has 0 aliphatic carbocycles. The Morgan fingerprint density at radius 3 is 2.62 bits per heavy atom. The number of benzene rings is 1. The monoisotopic (exact) mass is 237 g/mol. The van der Waals surface area contributed by atoms with Crippen molar-refractivity contribution in [3.63, 3.8) is 0 Å². The first-order valence-electron chi connectivity index (χ1n) is 5.66. The molecule has 0 atom stereocenters. The predicted molar refractivity (Wildman–Crippen MR) is 69.7 cm³/mol. The Morgan fingerprint density at radius 2 is 2.00 bits per heavy atom. The number of amides is 1. The van der Waals surface area contributed by atoms with Gasteiger partial charge in [0.1, 0.15) is 0 Å². The lowest BCUT2D eigenvalue weighted by molar-refractivity contribution is -0.127. The molecule has 0 spiro atoms. The van der Waals surface area contributed by atoms with Gasteiger partial charge in [0.2, 0.25) is 5.91 Å². The fraction of sp³-hybridized carbons (Fsp3) is 0.462. The maximum absolute atomic E-state index is 11.7. The molecule has 0 aliphatic rings. The number of carbonyl (C=O) groups is 1. The summed E-state index contributed by atoms with van der Waals surface area (Å²) in [6.45, 7) is 3.00. The lowest BCUT2D eigenvalue weighted by Gasteiger charge is -2.16. The topological polar surface area (TPSA) is 20.3 Å². The van der Waals surface area contributed by atoms with Gasteiger partial charge in [-0.15, -0.1) is 11.8 Å². The van der Waals surface area contributed by atoms with Gasteiger partial charge in [0.15, 0.2) is 0 Å². The maximum atomic E-state index is 11.7. The van der Waals surface area contributed by atoms with E-state index in [0.717, 1.165) is 24.3 Å². The minimum Gasteiger partial charge on any atom is -0.345 e. The average Bonchev–Trinajstić information content (AvgIpc) is 2.34. The van der Waals surface area contributed by atoms with E-state index in [-0.39, 0.29) is 5.91 Å². The molecule has 0 aliphatic heterocycles. The fourth-order valence-corrected chi connectivity index (χ4v) is 2.15. The molecule has 1 aromatic carbocycles. The summed E-state index contributed by atoms with van der Waals surface area (Å²) in [4.78, 5) is 14.7. The van der Waals surface area contributed by atoms with Gasteiger partial charge < -0.3 is 4.90 Å². The number of unbranched alkanes of at least 4 members (excludes halogenated alkanes) is 1. The number of nitrogens with zero attached hydrogens (tertiary/aromatic N) is 1. The summed E-state index contributed by atoms with van der Waals surface area (Å²) in [5.41, 5.74) is 0. The Hall–Kier alpha value is -0.960. The Balaban J connectivity index is 2.29. The third kappa shape index (κ3) is 4.71. The molecule has 0 bridgehead atoms. The Bertz CT molecular complexity index is 313. The standard InChI is InChI=1S/C13H19NOS/c1-3-4-10-14(2)13(15)11-16-12-8-6-5-7-9-12/h5-9H,3-4,10-11H2,1-2H3. The molecule has 1 amide bonds. The van der Waals surface area contributed by atoms with Crippen molar-refractivity contribution in [1.29, 1.82) is 0 Å². The van der Waals surface area contributed by atoms with E-state index in [1.165, 1.54) is 0 Å². The molecule has 0 saturated heterocycles. The maximum Gasteiger partial charge on any atom is 0.232 e. The molecule has 0 fully saturated rings. The summed E-state index contributed by atoms with van der Waals surface area (Å²) in [6, 6.07) is 10.0. The molecule has 16 heavy (non-hydrogen) atoms. The van der Waals surface area contributed by atoms with Crippen LogP contribution >= 0.6 is 11.8 Å². The van der Waals surface area contributed by atoms with Crippen LogP contribution in [-0.2, 0) is 4.79 Å². The van der Waals surface area contributed by atoms with Gasteiger partial charge in [-0.2, -0.15) is 0 Å². The van der Waals surface area contributed by atoms with Crippen LogP contribution in [0.3, 0.4) is 0 Å². The zero-order valence-electron chi connectivity index (χ0n) is 9.98. The van der Waals surface area contributed by atoms with E-state index >= 15 is 0 Å². The van der Waals surface area contributed by atoms with Crippen molar-refractivity contribution in [2.75, 3.05) is 19.3 Å². The molecular weight excluding hydrogens is 218 g/mol. The quantitative estimate of drug-likeness (QED) is 0.709. The molecule has 0 N–H and O–H groups in total. The lowest BCUT2D eigenvalue weighted by Crippen LogP contribution is -2.29. The molecule has 1 rings (SSSR count). The highest BCUT2D eigenvalue weighted by molar-refractivity contribution is 8.00. The van der Waals surface area contributed by atoms with Crippen LogP contribution in [0.25, 0.3) is 0 Å². The molecule has 88 valence electrons. The lowest BCUT2D eigenvalue weighted by atomic mass is 10.3. The molecule has 1 aromatic rings. The van der Waals surface area contributed by atoms with Crippen LogP contribution in [0.1, 0.15) is 19.8 Å². The Labute approximate surface area is 102 Å². The molecule has 0 unspecified atom stereocenters. The second-order valence-electron chi connectivity index (χ2n) is 3.77. The van der Waals surface area contributed by atoms with Crippen LogP contribution in [-0.4, -0.2) is 30.2 Å². The summed E-state index contributed by atoms with van der Waals surface area (Å²) < 4.78 is 0. The van der Waals surface area contributed by atoms with E-state index in [1.807, 2.05) is 42.3 Å². The second kappa shape index (κ2) is 7.34. The van der Waals surface area contributed by atoms with Crippen LogP contribution in [0, 0.1) is 0 Å². The van der Waals surface area contributed by atoms with Gasteiger partial charge in [-0.25, -0.2) is 0 Å². The molecular formula is C13H19NOS. The van der Waals surface area contributed by atoms with Gasteiger partial charge >= 0.3 is 0 Å². The predicted octanol–water partition coefficient (Wildman–Crippen LogP) is 3.04. The summed E-state index contributed by atoms with van der Waals surface area (Å²) >= 11 is 1.60. The first-order valence-corrected chi connectivity index (χ1v) is 6.64. The number of rotatable bonds is 6. The van der Waals surface area contributed by atoms with Gasteiger partial charge in [0, 0.05) is 18.5 Å². The highest BCUT2D eigenvalue weighted by Crippen LogP contribution is 2.17. The van der Waals surface area contributed by atoms with Gasteiger partial charge in [-0.1, -0.05) is 31.5 Å². The molecule has 3 heteroatoms. The molecule has 0 aromatic heterocycles. The van der Waals surface area contributed by atoms with E-state index in [4.69, 9.17) is 0 Å². The number of thioether (sulfide) groups is 1. The van der Waals surface area contributed by atoms with Crippen molar-refractivity contribution in [1.82, 2.24) is 4.90 Å². The highest BCUT2D eigenvalue weighted by Gasteiger charge is 2.07. The van der Waals surface area contributed by atoms with Crippen LogP contribution in [0.15, 0.2) is 35.2 Å².